The number of ether oxygens (including phenoxy) is 2. The molecule has 1 amide bonds. The first kappa shape index (κ1) is 20.4. The Morgan fingerprint density at radius 1 is 1.23 bits per heavy atom. The van der Waals surface area contributed by atoms with E-state index in [1.165, 1.54) is 0 Å². The molecule has 0 atom stereocenters. The van der Waals surface area contributed by atoms with Gasteiger partial charge in [0.2, 0.25) is 5.88 Å². The van der Waals surface area contributed by atoms with Crippen LogP contribution in [0.2, 0.25) is 0 Å². The van der Waals surface area contributed by atoms with Crippen molar-refractivity contribution < 1.29 is 14.3 Å². The van der Waals surface area contributed by atoms with Crippen LogP contribution in [0.3, 0.4) is 0 Å². The van der Waals surface area contributed by atoms with Crippen molar-refractivity contribution in [3.05, 3.63) is 24.3 Å². The molecule has 2 bridgehead atoms. The fourth-order valence-corrected chi connectivity index (χ4v) is 4.74. The van der Waals surface area contributed by atoms with Gasteiger partial charge in [0.1, 0.15) is 11.4 Å². The van der Waals surface area contributed by atoms with Crippen LogP contribution in [0, 0.1) is 5.92 Å². The Bertz CT molecular complexity index is 917. The summed E-state index contributed by atoms with van der Waals surface area (Å²) >= 11 is 0. The highest BCUT2D eigenvalue weighted by Gasteiger charge is 2.40. The summed E-state index contributed by atoms with van der Waals surface area (Å²) in [6, 6.07) is 1.67. The average molecular weight is 427 g/mol. The Kier molecular flexibility index (Phi) is 5.62. The molecule has 6 rings (SSSR count). The third kappa shape index (κ3) is 4.43. The highest BCUT2D eigenvalue weighted by Crippen LogP contribution is 2.32. The number of aromatic nitrogens is 4. The van der Waals surface area contributed by atoms with E-state index >= 15 is 0 Å². The number of rotatable bonds is 6. The van der Waals surface area contributed by atoms with E-state index < -0.39 is 0 Å². The smallest absolute Gasteiger partial charge is 0.270 e. The van der Waals surface area contributed by atoms with E-state index in [1.807, 2.05) is 11.6 Å². The monoisotopic (exact) mass is 426 g/mol. The quantitative estimate of drug-likeness (QED) is 0.751. The van der Waals surface area contributed by atoms with Gasteiger partial charge in [-0.05, 0) is 38.0 Å². The van der Waals surface area contributed by atoms with Crippen LogP contribution in [0.4, 0.5) is 0 Å². The van der Waals surface area contributed by atoms with Crippen molar-refractivity contribution in [2.24, 2.45) is 13.0 Å². The maximum atomic E-state index is 13.2. The predicted octanol–water partition coefficient (Wildman–Crippen LogP) is 1.65. The number of nitrogens with one attached hydrogen (secondary N) is 1. The molecule has 4 aliphatic heterocycles. The molecule has 0 radical (unpaired) electrons. The van der Waals surface area contributed by atoms with Crippen LogP contribution < -0.4 is 10.1 Å². The van der Waals surface area contributed by atoms with Gasteiger partial charge in [-0.3, -0.25) is 4.79 Å². The van der Waals surface area contributed by atoms with Gasteiger partial charge in [0.05, 0.1) is 19.1 Å². The molecular formula is C22H30N6O3. The van der Waals surface area contributed by atoms with Gasteiger partial charge in [-0.1, -0.05) is 0 Å². The highest BCUT2D eigenvalue weighted by molar-refractivity contribution is 5.93. The third-order valence-corrected chi connectivity index (χ3v) is 6.89. The number of fused-ring (bicyclic) bond motifs is 3. The predicted molar refractivity (Wildman–Crippen MR) is 114 cm³/mol. The Hall–Kier alpha value is -2.52. The maximum Gasteiger partial charge on any atom is 0.270 e. The van der Waals surface area contributed by atoms with Gasteiger partial charge in [0.25, 0.3) is 5.91 Å². The van der Waals surface area contributed by atoms with Gasteiger partial charge < -0.3 is 24.3 Å². The fourth-order valence-electron chi connectivity index (χ4n) is 4.74. The molecule has 31 heavy (non-hydrogen) atoms. The van der Waals surface area contributed by atoms with Gasteiger partial charge in [0, 0.05) is 51.5 Å². The zero-order valence-electron chi connectivity index (χ0n) is 18.0. The summed E-state index contributed by atoms with van der Waals surface area (Å²) in [5, 5.41) is 3.31. The molecule has 4 aliphatic rings. The number of piperidine rings is 3. The maximum absolute atomic E-state index is 13.2. The van der Waals surface area contributed by atoms with E-state index in [-0.39, 0.29) is 11.4 Å². The van der Waals surface area contributed by atoms with Crippen LogP contribution in [0.1, 0.15) is 42.6 Å². The van der Waals surface area contributed by atoms with Crippen molar-refractivity contribution in [3.8, 4) is 17.4 Å². The van der Waals surface area contributed by atoms with E-state index in [1.54, 1.807) is 18.6 Å². The van der Waals surface area contributed by atoms with Crippen LogP contribution in [0.5, 0.6) is 5.88 Å². The van der Waals surface area contributed by atoms with Crippen LogP contribution >= 0.6 is 0 Å². The lowest BCUT2D eigenvalue weighted by Gasteiger charge is -2.48. The number of imidazole rings is 1. The van der Waals surface area contributed by atoms with Crippen molar-refractivity contribution in [2.75, 3.05) is 39.5 Å². The SMILES string of the molecule is Cn1cncc1-c1nc(OCC2CCOCC2)cc(C(=O)NC23CCN(CC2)CC3)n1. The molecule has 1 N–H and O–H groups in total. The average Bonchev–Trinajstić information content (AvgIpc) is 3.25. The van der Waals surface area contributed by atoms with Gasteiger partial charge in [-0.25, -0.2) is 9.97 Å². The summed E-state index contributed by atoms with van der Waals surface area (Å²) < 4.78 is 13.3. The molecule has 9 nitrogen and oxygen atoms in total. The van der Waals surface area contributed by atoms with Crippen molar-refractivity contribution in [2.45, 2.75) is 37.6 Å². The molecule has 0 spiro atoms. The van der Waals surface area contributed by atoms with Gasteiger partial charge in [0.15, 0.2) is 5.82 Å². The Balaban J connectivity index is 1.38. The molecular weight excluding hydrogens is 396 g/mol. The Morgan fingerprint density at radius 2 is 1.97 bits per heavy atom. The molecule has 166 valence electrons. The largest absolute Gasteiger partial charge is 0.477 e. The van der Waals surface area contributed by atoms with Crippen LogP contribution in [0.25, 0.3) is 11.5 Å². The zero-order valence-corrected chi connectivity index (χ0v) is 18.0. The van der Waals surface area contributed by atoms with Crippen molar-refractivity contribution >= 4 is 5.91 Å². The van der Waals surface area contributed by atoms with Gasteiger partial charge >= 0.3 is 0 Å². The lowest BCUT2D eigenvalue weighted by atomic mass is 9.80. The normalized spacial score (nSPS) is 26.0. The summed E-state index contributed by atoms with van der Waals surface area (Å²) in [5.74, 6) is 1.16. The number of nitrogens with zero attached hydrogens (tertiary/aromatic N) is 5. The van der Waals surface area contributed by atoms with E-state index in [9.17, 15) is 4.79 Å². The zero-order chi connectivity index (χ0) is 21.3. The minimum atomic E-state index is -0.155. The molecule has 9 heteroatoms. The van der Waals surface area contributed by atoms with Gasteiger partial charge in [-0.15, -0.1) is 0 Å². The topological polar surface area (TPSA) is 94.4 Å². The highest BCUT2D eigenvalue weighted by atomic mass is 16.5. The fraction of sp³-hybridized carbons (Fsp3) is 0.636. The number of hydrogen-bond acceptors (Lipinski definition) is 7. The molecule has 2 aromatic rings. The summed E-state index contributed by atoms with van der Waals surface area (Å²) in [5.41, 5.74) is 0.970. The first-order valence-electron chi connectivity index (χ1n) is 11.2. The standard InChI is InChI=1S/C22H30N6O3/c1-27-15-23-13-18(27)20-24-17(12-19(25-20)31-14-16-2-10-30-11-3-16)21(29)26-22-4-7-28(8-5-22)9-6-22/h12-13,15-16H,2-11,14H2,1H3,(H,26,29). The summed E-state index contributed by atoms with van der Waals surface area (Å²) in [7, 11) is 1.88. The Morgan fingerprint density at radius 3 is 2.65 bits per heavy atom. The summed E-state index contributed by atoms with van der Waals surface area (Å²) in [6.45, 7) is 5.24. The Labute approximate surface area is 182 Å². The van der Waals surface area contributed by atoms with Crippen molar-refractivity contribution in [1.29, 1.82) is 0 Å². The van der Waals surface area contributed by atoms with Crippen LogP contribution in [-0.2, 0) is 11.8 Å². The van der Waals surface area contributed by atoms with Gasteiger partial charge in [-0.2, -0.15) is 4.98 Å². The number of hydrogen-bond donors (Lipinski definition) is 1. The van der Waals surface area contributed by atoms with E-state index in [4.69, 9.17) is 9.47 Å². The van der Waals surface area contributed by atoms with Crippen molar-refractivity contribution in [3.63, 3.8) is 0 Å². The molecule has 0 aromatic carbocycles. The molecule has 4 saturated heterocycles. The number of carbonyl (C=O) groups is 1. The minimum Gasteiger partial charge on any atom is -0.477 e. The molecule has 0 saturated carbocycles. The van der Waals surface area contributed by atoms with Crippen LogP contribution in [0.15, 0.2) is 18.6 Å². The van der Waals surface area contributed by atoms with E-state index in [2.05, 4.69) is 25.2 Å². The third-order valence-electron chi connectivity index (χ3n) is 6.89. The van der Waals surface area contributed by atoms with E-state index in [0.29, 0.717) is 29.9 Å². The van der Waals surface area contributed by atoms with Crippen LogP contribution in [-0.4, -0.2) is 75.3 Å². The minimum absolute atomic E-state index is 0.118. The second-order valence-corrected chi connectivity index (χ2v) is 9.00. The first-order valence-corrected chi connectivity index (χ1v) is 11.2. The second kappa shape index (κ2) is 8.55. The number of amides is 1. The molecule has 0 unspecified atom stereocenters. The molecule has 0 aliphatic carbocycles. The molecule has 2 aromatic heterocycles. The lowest BCUT2D eigenvalue weighted by molar-refractivity contribution is 0.0488. The second-order valence-electron chi connectivity index (χ2n) is 9.00. The summed E-state index contributed by atoms with van der Waals surface area (Å²) in [4.78, 5) is 29.0. The van der Waals surface area contributed by atoms with Crippen molar-refractivity contribution in [1.82, 2.24) is 29.7 Å². The molecule has 4 fully saturated rings. The molecule has 6 heterocycles. The van der Waals surface area contributed by atoms with E-state index in [0.717, 1.165) is 70.6 Å². The lowest BCUT2D eigenvalue weighted by Crippen LogP contribution is -2.61. The summed E-state index contributed by atoms with van der Waals surface area (Å²) in [6.07, 6.45) is 8.33. The first-order chi connectivity index (χ1) is 15.1. The number of aryl methyl sites for hydroxylation is 1. The number of carbonyl (C=O) groups excluding carboxylic acids is 1.